The molecule has 0 aromatic heterocycles. The summed E-state index contributed by atoms with van der Waals surface area (Å²) < 4.78 is 5.08. The second kappa shape index (κ2) is 8.50. The lowest BCUT2D eigenvalue weighted by Crippen LogP contribution is -2.30. The number of halogens is 1. The fraction of sp³-hybridized carbons (Fsp3) is 0.263. The van der Waals surface area contributed by atoms with E-state index in [-0.39, 0.29) is 12.5 Å². The summed E-state index contributed by atoms with van der Waals surface area (Å²) in [7, 11) is 0. The molecule has 1 N–H and O–H groups in total. The molecule has 2 aromatic rings. The van der Waals surface area contributed by atoms with Crippen LogP contribution in [-0.4, -0.2) is 25.0 Å². The SMILES string of the molecule is Cc1cccc(C(=O)OCC(=O)NCCc2ccc(Cl)cc2)c1C. The summed E-state index contributed by atoms with van der Waals surface area (Å²) in [6, 6.07) is 12.9. The van der Waals surface area contributed by atoms with Crippen LogP contribution in [0.4, 0.5) is 0 Å². The summed E-state index contributed by atoms with van der Waals surface area (Å²) >= 11 is 5.82. The molecule has 0 fully saturated rings. The van der Waals surface area contributed by atoms with Crippen LogP contribution in [0.25, 0.3) is 0 Å². The standard InChI is InChI=1S/C19H20ClNO3/c1-13-4-3-5-17(14(13)2)19(23)24-12-18(22)21-11-10-15-6-8-16(20)9-7-15/h3-9H,10-12H2,1-2H3,(H,21,22). The molecule has 0 spiro atoms. The number of rotatable bonds is 6. The minimum atomic E-state index is -0.482. The van der Waals surface area contributed by atoms with E-state index < -0.39 is 5.97 Å². The molecule has 0 aliphatic heterocycles. The van der Waals surface area contributed by atoms with E-state index in [2.05, 4.69) is 5.32 Å². The van der Waals surface area contributed by atoms with Gasteiger partial charge in [0.2, 0.25) is 0 Å². The molecule has 1 amide bonds. The first-order valence-electron chi connectivity index (χ1n) is 7.72. The van der Waals surface area contributed by atoms with Crippen molar-refractivity contribution in [3.8, 4) is 0 Å². The van der Waals surface area contributed by atoms with Crippen molar-refractivity contribution >= 4 is 23.5 Å². The first kappa shape index (κ1) is 18.0. The number of nitrogens with one attached hydrogen (secondary N) is 1. The smallest absolute Gasteiger partial charge is 0.338 e. The highest BCUT2D eigenvalue weighted by atomic mass is 35.5. The summed E-state index contributed by atoms with van der Waals surface area (Å²) in [6.45, 7) is 3.97. The number of carbonyl (C=O) groups is 2. The van der Waals surface area contributed by atoms with Crippen molar-refractivity contribution in [2.45, 2.75) is 20.3 Å². The van der Waals surface area contributed by atoms with Gasteiger partial charge in [0.1, 0.15) is 0 Å². The predicted molar refractivity (Wildman–Crippen MR) is 94.4 cm³/mol. The summed E-state index contributed by atoms with van der Waals surface area (Å²) in [5.74, 6) is -0.799. The van der Waals surface area contributed by atoms with Crippen LogP contribution in [0.2, 0.25) is 5.02 Å². The van der Waals surface area contributed by atoms with Gasteiger partial charge in [-0.3, -0.25) is 4.79 Å². The molecule has 0 bridgehead atoms. The lowest BCUT2D eigenvalue weighted by molar-refractivity contribution is -0.124. The van der Waals surface area contributed by atoms with E-state index in [0.717, 1.165) is 16.7 Å². The molecule has 2 rings (SSSR count). The zero-order valence-electron chi connectivity index (χ0n) is 13.8. The van der Waals surface area contributed by atoms with Crippen molar-refractivity contribution in [2.75, 3.05) is 13.2 Å². The quantitative estimate of drug-likeness (QED) is 0.815. The average Bonchev–Trinajstić information content (AvgIpc) is 2.57. The number of amides is 1. The lowest BCUT2D eigenvalue weighted by Gasteiger charge is -2.09. The molecule has 0 unspecified atom stereocenters. The van der Waals surface area contributed by atoms with Crippen LogP contribution in [0.5, 0.6) is 0 Å². The van der Waals surface area contributed by atoms with Gasteiger partial charge in [-0.05, 0) is 55.2 Å². The maximum absolute atomic E-state index is 12.0. The predicted octanol–water partition coefficient (Wildman–Crippen LogP) is 3.47. The first-order chi connectivity index (χ1) is 11.5. The van der Waals surface area contributed by atoms with Gasteiger partial charge in [-0.1, -0.05) is 35.9 Å². The Hall–Kier alpha value is -2.33. The number of hydrogen-bond donors (Lipinski definition) is 1. The summed E-state index contributed by atoms with van der Waals surface area (Å²) in [6.07, 6.45) is 0.688. The Kier molecular flexibility index (Phi) is 6.38. The Labute approximate surface area is 146 Å². The van der Waals surface area contributed by atoms with Crippen molar-refractivity contribution in [3.05, 3.63) is 69.7 Å². The van der Waals surface area contributed by atoms with Crippen LogP contribution in [0.1, 0.15) is 27.0 Å². The second-order valence-electron chi connectivity index (χ2n) is 5.55. The van der Waals surface area contributed by atoms with Gasteiger partial charge >= 0.3 is 5.97 Å². The zero-order valence-corrected chi connectivity index (χ0v) is 14.5. The molecular weight excluding hydrogens is 326 g/mol. The van der Waals surface area contributed by atoms with Crippen LogP contribution in [0, 0.1) is 13.8 Å². The number of esters is 1. The number of carbonyl (C=O) groups excluding carboxylic acids is 2. The Morgan fingerprint density at radius 1 is 1.08 bits per heavy atom. The Balaban J connectivity index is 1.75. The third-order valence-electron chi connectivity index (χ3n) is 3.81. The number of hydrogen-bond acceptors (Lipinski definition) is 3. The van der Waals surface area contributed by atoms with Crippen molar-refractivity contribution in [1.29, 1.82) is 0 Å². The van der Waals surface area contributed by atoms with E-state index in [1.807, 2.05) is 44.2 Å². The third-order valence-corrected chi connectivity index (χ3v) is 4.06. The van der Waals surface area contributed by atoms with E-state index in [1.54, 1.807) is 12.1 Å². The number of ether oxygens (including phenoxy) is 1. The number of benzene rings is 2. The molecule has 0 saturated carbocycles. The van der Waals surface area contributed by atoms with E-state index in [9.17, 15) is 9.59 Å². The van der Waals surface area contributed by atoms with Gasteiger partial charge in [-0.25, -0.2) is 4.79 Å². The molecule has 0 aliphatic rings. The maximum atomic E-state index is 12.0. The molecule has 0 aliphatic carbocycles. The third kappa shape index (κ3) is 5.10. The van der Waals surface area contributed by atoms with Crippen LogP contribution in [0.3, 0.4) is 0 Å². The van der Waals surface area contributed by atoms with Crippen LogP contribution < -0.4 is 5.32 Å². The molecule has 4 nitrogen and oxygen atoms in total. The summed E-state index contributed by atoms with van der Waals surface area (Å²) in [5, 5.41) is 3.41. The largest absolute Gasteiger partial charge is 0.452 e. The molecular formula is C19H20ClNO3. The highest BCUT2D eigenvalue weighted by molar-refractivity contribution is 6.30. The highest BCUT2D eigenvalue weighted by Gasteiger charge is 2.13. The minimum absolute atomic E-state index is 0.285. The van der Waals surface area contributed by atoms with Gasteiger partial charge in [0.15, 0.2) is 6.61 Å². The van der Waals surface area contributed by atoms with E-state index in [4.69, 9.17) is 16.3 Å². The fourth-order valence-corrected chi connectivity index (χ4v) is 2.36. The summed E-state index contributed by atoms with van der Waals surface area (Å²) in [4.78, 5) is 23.8. The fourth-order valence-electron chi connectivity index (χ4n) is 2.23. The van der Waals surface area contributed by atoms with Gasteiger partial charge in [-0.15, -0.1) is 0 Å². The summed E-state index contributed by atoms with van der Waals surface area (Å²) in [5.41, 5.74) is 3.44. The molecule has 0 saturated heterocycles. The van der Waals surface area contributed by atoms with Gasteiger partial charge in [0, 0.05) is 11.6 Å². The van der Waals surface area contributed by atoms with E-state index in [0.29, 0.717) is 23.6 Å². The highest BCUT2D eigenvalue weighted by Crippen LogP contribution is 2.13. The van der Waals surface area contributed by atoms with Crippen LogP contribution in [-0.2, 0) is 16.0 Å². The Morgan fingerprint density at radius 2 is 1.79 bits per heavy atom. The van der Waals surface area contributed by atoms with E-state index >= 15 is 0 Å². The van der Waals surface area contributed by atoms with Gasteiger partial charge in [0.25, 0.3) is 5.91 Å². The molecule has 24 heavy (non-hydrogen) atoms. The zero-order chi connectivity index (χ0) is 17.5. The second-order valence-corrected chi connectivity index (χ2v) is 5.99. The Bertz CT molecular complexity index is 726. The van der Waals surface area contributed by atoms with Crippen LogP contribution in [0.15, 0.2) is 42.5 Å². The van der Waals surface area contributed by atoms with E-state index in [1.165, 1.54) is 0 Å². The Morgan fingerprint density at radius 3 is 2.50 bits per heavy atom. The lowest BCUT2D eigenvalue weighted by atomic mass is 10.0. The first-order valence-corrected chi connectivity index (χ1v) is 8.09. The molecule has 2 aromatic carbocycles. The minimum Gasteiger partial charge on any atom is -0.452 e. The van der Waals surface area contributed by atoms with Crippen molar-refractivity contribution in [2.24, 2.45) is 0 Å². The maximum Gasteiger partial charge on any atom is 0.338 e. The number of aryl methyl sites for hydroxylation is 1. The molecule has 0 radical (unpaired) electrons. The van der Waals surface area contributed by atoms with Crippen molar-refractivity contribution in [1.82, 2.24) is 5.32 Å². The molecule has 0 atom stereocenters. The molecule has 5 heteroatoms. The van der Waals surface area contributed by atoms with Crippen molar-refractivity contribution in [3.63, 3.8) is 0 Å². The normalized spacial score (nSPS) is 10.3. The molecule has 0 heterocycles. The monoisotopic (exact) mass is 345 g/mol. The van der Waals surface area contributed by atoms with Gasteiger partial charge < -0.3 is 10.1 Å². The van der Waals surface area contributed by atoms with Crippen LogP contribution >= 0.6 is 11.6 Å². The topological polar surface area (TPSA) is 55.4 Å². The van der Waals surface area contributed by atoms with Gasteiger partial charge in [0.05, 0.1) is 5.56 Å². The average molecular weight is 346 g/mol. The van der Waals surface area contributed by atoms with Crippen molar-refractivity contribution < 1.29 is 14.3 Å². The van der Waals surface area contributed by atoms with Gasteiger partial charge in [-0.2, -0.15) is 0 Å². The molecule has 126 valence electrons.